The van der Waals surface area contributed by atoms with Crippen molar-refractivity contribution in [2.75, 3.05) is 0 Å². The fourth-order valence-electron chi connectivity index (χ4n) is 2.25. The minimum absolute atomic E-state index is 0.145. The molecule has 0 bridgehead atoms. The lowest BCUT2D eigenvalue weighted by molar-refractivity contribution is 0.420. The van der Waals surface area contributed by atoms with Gasteiger partial charge in [0.2, 0.25) is 5.88 Å². The van der Waals surface area contributed by atoms with E-state index in [9.17, 15) is 4.39 Å². The Morgan fingerprint density at radius 2 is 1.88 bits per heavy atom. The molecule has 0 N–H and O–H groups in total. The summed E-state index contributed by atoms with van der Waals surface area (Å²) in [5.74, 6) is 0.937. The predicted molar refractivity (Wildman–Crippen MR) is 104 cm³/mol. The molecule has 1 aromatic heterocycles. The molecule has 0 fully saturated rings. The number of benzene rings is 2. The fraction of sp³-hybridized carbons (Fsp3) is 0.200. The quantitative estimate of drug-likeness (QED) is 0.357. The molecule has 0 unspecified atom stereocenters. The summed E-state index contributed by atoms with van der Waals surface area (Å²) >= 11 is 7.52. The maximum atomic E-state index is 13.9. The minimum atomic E-state index is -0.426. The summed E-state index contributed by atoms with van der Waals surface area (Å²) in [7, 11) is 0. The fourth-order valence-corrected chi connectivity index (χ4v) is 3.26. The Morgan fingerprint density at radius 3 is 2.62 bits per heavy atom. The van der Waals surface area contributed by atoms with Crippen LogP contribution >= 0.6 is 23.4 Å². The zero-order chi connectivity index (χ0) is 18.5. The summed E-state index contributed by atoms with van der Waals surface area (Å²) in [6, 6.07) is 15.7. The average Bonchev–Trinajstić information content (AvgIpc) is 2.62. The van der Waals surface area contributed by atoms with E-state index in [0.717, 1.165) is 11.3 Å². The molecule has 1 heterocycles. The zero-order valence-electron chi connectivity index (χ0n) is 14.4. The van der Waals surface area contributed by atoms with Crippen molar-refractivity contribution in [3.05, 3.63) is 76.7 Å². The Balaban J connectivity index is 1.83. The largest absolute Gasteiger partial charge is 0.436 e. The monoisotopic (exact) mass is 388 g/mol. The highest BCUT2D eigenvalue weighted by molar-refractivity contribution is 7.98. The Kier molecular flexibility index (Phi) is 6.12. The number of thioether (sulfide) groups is 1. The summed E-state index contributed by atoms with van der Waals surface area (Å²) in [6.45, 7) is 4.08. The van der Waals surface area contributed by atoms with Crippen LogP contribution in [0.4, 0.5) is 4.39 Å². The van der Waals surface area contributed by atoms with Gasteiger partial charge in [-0.3, -0.25) is 0 Å². The predicted octanol–water partition coefficient (Wildman–Crippen LogP) is 6.48. The van der Waals surface area contributed by atoms with Crippen LogP contribution in [-0.2, 0) is 5.75 Å². The standard InChI is InChI=1S/C20H18ClFN2OS/c1-13(2)17-11-19(25-18-9-4-3-8-16(18)22)24-20(23-17)26-12-14-6-5-7-15(21)10-14/h3-11,13H,12H2,1-2H3. The van der Waals surface area contributed by atoms with Gasteiger partial charge in [-0.2, -0.15) is 4.98 Å². The Morgan fingerprint density at radius 1 is 1.08 bits per heavy atom. The van der Waals surface area contributed by atoms with Crippen LogP contribution < -0.4 is 4.74 Å². The minimum Gasteiger partial charge on any atom is -0.436 e. The second-order valence-corrected chi connectivity index (χ2v) is 7.40. The van der Waals surface area contributed by atoms with Crippen molar-refractivity contribution in [1.82, 2.24) is 9.97 Å². The first-order valence-electron chi connectivity index (χ1n) is 8.20. The average molecular weight is 389 g/mol. The summed E-state index contributed by atoms with van der Waals surface area (Å²) in [5, 5.41) is 1.28. The van der Waals surface area contributed by atoms with Gasteiger partial charge in [-0.1, -0.05) is 61.5 Å². The maximum Gasteiger partial charge on any atom is 0.223 e. The van der Waals surface area contributed by atoms with Gasteiger partial charge in [0.05, 0.1) is 5.69 Å². The summed E-state index contributed by atoms with van der Waals surface area (Å²) in [6.07, 6.45) is 0. The molecule has 0 aliphatic heterocycles. The third-order valence-corrected chi connectivity index (χ3v) is 4.76. The molecule has 0 aliphatic carbocycles. The maximum absolute atomic E-state index is 13.9. The van der Waals surface area contributed by atoms with Crippen LogP contribution in [0, 0.1) is 5.82 Å². The highest BCUT2D eigenvalue weighted by Crippen LogP contribution is 2.29. The number of ether oxygens (including phenoxy) is 1. The SMILES string of the molecule is CC(C)c1cc(Oc2ccccc2F)nc(SCc2cccc(Cl)c2)n1. The lowest BCUT2D eigenvalue weighted by Crippen LogP contribution is -2.00. The lowest BCUT2D eigenvalue weighted by atomic mass is 10.1. The molecule has 6 heteroatoms. The van der Waals surface area contributed by atoms with Gasteiger partial charge in [0, 0.05) is 16.8 Å². The van der Waals surface area contributed by atoms with E-state index in [2.05, 4.69) is 9.97 Å². The highest BCUT2D eigenvalue weighted by atomic mass is 35.5. The molecule has 0 amide bonds. The van der Waals surface area contributed by atoms with Crippen LogP contribution in [0.5, 0.6) is 11.6 Å². The van der Waals surface area contributed by atoms with Crippen molar-refractivity contribution in [3.8, 4) is 11.6 Å². The van der Waals surface area contributed by atoms with Crippen LogP contribution in [0.25, 0.3) is 0 Å². The van der Waals surface area contributed by atoms with Gasteiger partial charge in [0.15, 0.2) is 16.7 Å². The Bertz CT molecular complexity index is 904. The molecule has 3 aromatic rings. The molecule has 0 saturated heterocycles. The molecule has 0 spiro atoms. The van der Waals surface area contributed by atoms with Crippen molar-refractivity contribution in [3.63, 3.8) is 0 Å². The summed E-state index contributed by atoms with van der Waals surface area (Å²) in [4.78, 5) is 9.00. The number of aromatic nitrogens is 2. The summed E-state index contributed by atoms with van der Waals surface area (Å²) in [5.41, 5.74) is 1.93. The van der Waals surface area contributed by atoms with E-state index >= 15 is 0 Å². The van der Waals surface area contributed by atoms with Crippen LogP contribution in [0.2, 0.25) is 5.02 Å². The normalized spacial score (nSPS) is 11.0. The van der Waals surface area contributed by atoms with E-state index in [0.29, 0.717) is 21.8 Å². The van der Waals surface area contributed by atoms with Crippen molar-refractivity contribution < 1.29 is 9.13 Å². The molecule has 26 heavy (non-hydrogen) atoms. The molecule has 3 rings (SSSR count). The number of rotatable bonds is 6. The van der Waals surface area contributed by atoms with Gasteiger partial charge < -0.3 is 4.74 Å². The molecule has 0 atom stereocenters. The van der Waals surface area contributed by atoms with Gasteiger partial charge in [-0.25, -0.2) is 9.37 Å². The van der Waals surface area contributed by atoms with E-state index in [1.807, 2.05) is 38.1 Å². The molecule has 0 saturated carbocycles. The smallest absolute Gasteiger partial charge is 0.223 e. The molecular weight excluding hydrogens is 371 g/mol. The summed E-state index contributed by atoms with van der Waals surface area (Å²) < 4.78 is 19.5. The second kappa shape index (κ2) is 8.52. The van der Waals surface area contributed by atoms with Gasteiger partial charge in [0.25, 0.3) is 0 Å². The Hall–Kier alpha value is -2.11. The third kappa shape index (κ3) is 4.96. The molecule has 2 aromatic carbocycles. The van der Waals surface area contributed by atoms with E-state index in [4.69, 9.17) is 16.3 Å². The van der Waals surface area contributed by atoms with Gasteiger partial charge in [-0.15, -0.1) is 0 Å². The number of nitrogens with zero attached hydrogens (tertiary/aromatic N) is 2. The van der Waals surface area contributed by atoms with Gasteiger partial charge in [-0.05, 0) is 35.7 Å². The van der Waals surface area contributed by atoms with Crippen molar-refractivity contribution in [1.29, 1.82) is 0 Å². The molecule has 0 aliphatic rings. The molecule has 3 nitrogen and oxygen atoms in total. The van der Waals surface area contributed by atoms with E-state index in [1.54, 1.807) is 24.3 Å². The number of para-hydroxylation sites is 1. The van der Waals surface area contributed by atoms with Crippen LogP contribution in [-0.4, -0.2) is 9.97 Å². The molecule has 134 valence electrons. The molecule has 0 radical (unpaired) electrons. The van der Waals surface area contributed by atoms with Crippen molar-refractivity contribution in [2.45, 2.75) is 30.7 Å². The topological polar surface area (TPSA) is 35.0 Å². The number of hydrogen-bond donors (Lipinski definition) is 0. The molecular formula is C20H18ClFN2OS. The van der Waals surface area contributed by atoms with Gasteiger partial charge in [0.1, 0.15) is 0 Å². The van der Waals surface area contributed by atoms with Crippen LogP contribution in [0.1, 0.15) is 31.0 Å². The first kappa shape index (κ1) is 18.7. The number of hydrogen-bond acceptors (Lipinski definition) is 4. The van der Waals surface area contributed by atoms with E-state index in [-0.39, 0.29) is 11.7 Å². The third-order valence-electron chi connectivity index (χ3n) is 3.60. The van der Waals surface area contributed by atoms with E-state index in [1.165, 1.54) is 17.8 Å². The van der Waals surface area contributed by atoms with Crippen LogP contribution in [0.3, 0.4) is 0 Å². The first-order chi connectivity index (χ1) is 12.5. The highest BCUT2D eigenvalue weighted by Gasteiger charge is 2.12. The van der Waals surface area contributed by atoms with Gasteiger partial charge >= 0.3 is 0 Å². The van der Waals surface area contributed by atoms with Crippen LogP contribution in [0.15, 0.2) is 59.8 Å². The first-order valence-corrected chi connectivity index (χ1v) is 9.56. The van der Waals surface area contributed by atoms with Crippen molar-refractivity contribution in [2.24, 2.45) is 0 Å². The Labute approximate surface area is 161 Å². The lowest BCUT2D eigenvalue weighted by Gasteiger charge is -2.11. The zero-order valence-corrected chi connectivity index (χ0v) is 16.0. The second-order valence-electron chi connectivity index (χ2n) is 6.02. The van der Waals surface area contributed by atoms with Crippen molar-refractivity contribution >= 4 is 23.4 Å². The number of halogens is 2. The van der Waals surface area contributed by atoms with E-state index < -0.39 is 5.82 Å².